The quantitative estimate of drug-likeness (QED) is 0.458. The number of hydrogen-bond donors (Lipinski definition) is 0. The predicted molar refractivity (Wildman–Crippen MR) is 133 cm³/mol. The van der Waals surface area contributed by atoms with Crippen LogP contribution in [0.1, 0.15) is 41.1 Å². The molecular weight excluding hydrogens is 500 g/mol. The number of rotatable bonds is 7. The fraction of sp³-hybridized carbons (Fsp3) is 0.385. The molecule has 0 spiro atoms. The lowest BCUT2D eigenvalue weighted by molar-refractivity contribution is 0.0353. The maximum atomic E-state index is 13.7. The third kappa shape index (κ3) is 4.37. The first-order valence-corrected chi connectivity index (χ1v) is 12.5. The average molecular weight is 527 g/mol. The van der Waals surface area contributed by atoms with E-state index >= 15 is 0 Å². The van der Waals surface area contributed by atoms with Gasteiger partial charge < -0.3 is 18.8 Å². The van der Waals surface area contributed by atoms with Gasteiger partial charge in [-0.3, -0.25) is 14.5 Å². The van der Waals surface area contributed by atoms with E-state index in [4.69, 9.17) is 13.9 Å². The number of morpholine rings is 1. The number of ether oxygens (including phenoxy) is 2. The van der Waals surface area contributed by atoms with Crippen molar-refractivity contribution in [3.8, 4) is 5.75 Å². The van der Waals surface area contributed by atoms with Gasteiger partial charge in [-0.1, -0.05) is 28.1 Å². The summed E-state index contributed by atoms with van der Waals surface area (Å²) in [6.07, 6.45) is 0.792. The van der Waals surface area contributed by atoms with E-state index in [0.29, 0.717) is 35.4 Å². The molecule has 2 aliphatic rings. The van der Waals surface area contributed by atoms with Gasteiger partial charge in [0, 0.05) is 30.7 Å². The number of carbonyl (C=O) groups is 1. The van der Waals surface area contributed by atoms with Crippen molar-refractivity contribution in [3.63, 3.8) is 0 Å². The highest BCUT2D eigenvalue weighted by atomic mass is 79.9. The highest BCUT2D eigenvalue weighted by molar-refractivity contribution is 9.10. The second-order valence-corrected chi connectivity index (χ2v) is 9.44. The smallest absolute Gasteiger partial charge is 0.290 e. The van der Waals surface area contributed by atoms with E-state index in [1.165, 1.54) is 0 Å². The van der Waals surface area contributed by atoms with Gasteiger partial charge >= 0.3 is 0 Å². The van der Waals surface area contributed by atoms with Crippen molar-refractivity contribution in [3.05, 3.63) is 74.0 Å². The first-order valence-electron chi connectivity index (χ1n) is 11.7. The normalized spacial score (nSPS) is 18.5. The van der Waals surface area contributed by atoms with E-state index in [2.05, 4.69) is 20.8 Å². The molecule has 1 saturated heterocycles. The highest BCUT2D eigenvalue weighted by Gasteiger charge is 2.42. The van der Waals surface area contributed by atoms with Gasteiger partial charge in [-0.2, -0.15) is 0 Å². The fourth-order valence-electron chi connectivity index (χ4n) is 4.80. The van der Waals surface area contributed by atoms with Crippen molar-refractivity contribution >= 4 is 32.8 Å². The summed E-state index contributed by atoms with van der Waals surface area (Å²) in [6.45, 7) is 7.12. The zero-order valence-corrected chi connectivity index (χ0v) is 20.7. The number of halogens is 1. The third-order valence-electron chi connectivity index (χ3n) is 6.39. The lowest BCUT2D eigenvalue weighted by atomic mass is 9.98. The highest BCUT2D eigenvalue weighted by Crippen LogP contribution is 2.39. The molecule has 1 amide bonds. The second kappa shape index (κ2) is 9.90. The Bertz CT molecular complexity index is 1270. The van der Waals surface area contributed by atoms with Gasteiger partial charge in [0.25, 0.3) is 5.91 Å². The van der Waals surface area contributed by atoms with E-state index in [9.17, 15) is 9.59 Å². The molecule has 5 rings (SSSR count). The topological polar surface area (TPSA) is 72.2 Å². The van der Waals surface area contributed by atoms with Crippen LogP contribution < -0.4 is 10.2 Å². The number of fused-ring (bicyclic) bond motifs is 2. The lowest BCUT2D eigenvalue weighted by Gasteiger charge is -2.29. The molecule has 34 heavy (non-hydrogen) atoms. The average Bonchev–Trinajstić information content (AvgIpc) is 3.13. The van der Waals surface area contributed by atoms with Crippen molar-refractivity contribution in [2.24, 2.45) is 0 Å². The lowest BCUT2D eigenvalue weighted by Crippen LogP contribution is -2.38. The van der Waals surface area contributed by atoms with Crippen LogP contribution in [0, 0.1) is 0 Å². The number of benzene rings is 2. The monoisotopic (exact) mass is 526 g/mol. The first kappa shape index (κ1) is 23.1. The molecule has 8 heteroatoms. The van der Waals surface area contributed by atoms with E-state index in [1.54, 1.807) is 23.1 Å². The Hall–Kier alpha value is -2.68. The Morgan fingerprint density at radius 2 is 1.91 bits per heavy atom. The molecule has 1 aromatic heterocycles. The van der Waals surface area contributed by atoms with Crippen LogP contribution >= 0.6 is 15.9 Å². The summed E-state index contributed by atoms with van der Waals surface area (Å²) in [5.41, 5.74) is 1.48. The second-order valence-electron chi connectivity index (χ2n) is 8.53. The minimum absolute atomic E-state index is 0.137. The van der Waals surface area contributed by atoms with Gasteiger partial charge in [-0.25, -0.2) is 0 Å². The van der Waals surface area contributed by atoms with Gasteiger partial charge in [-0.05, 0) is 49.2 Å². The minimum atomic E-state index is -0.521. The maximum absolute atomic E-state index is 13.7. The van der Waals surface area contributed by atoms with Crippen LogP contribution in [0.5, 0.6) is 5.75 Å². The van der Waals surface area contributed by atoms with Crippen molar-refractivity contribution in [1.29, 1.82) is 0 Å². The van der Waals surface area contributed by atoms with E-state index in [0.717, 1.165) is 49.3 Å². The molecule has 1 atom stereocenters. The number of amides is 1. The molecule has 3 aromatic rings. The van der Waals surface area contributed by atoms with Gasteiger partial charge in [0.2, 0.25) is 5.76 Å². The van der Waals surface area contributed by atoms with Crippen molar-refractivity contribution in [1.82, 2.24) is 9.80 Å². The largest absolute Gasteiger partial charge is 0.494 e. The predicted octanol–water partition coefficient (Wildman–Crippen LogP) is 4.22. The summed E-state index contributed by atoms with van der Waals surface area (Å²) < 4.78 is 18.0. The van der Waals surface area contributed by atoms with Crippen LogP contribution in [0.25, 0.3) is 11.0 Å². The van der Waals surface area contributed by atoms with Crippen LogP contribution in [-0.2, 0) is 4.74 Å². The van der Waals surface area contributed by atoms with Gasteiger partial charge in [-0.15, -0.1) is 0 Å². The Morgan fingerprint density at radius 1 is 1.09 bits per heavy atom. The first-order chi connectivity index (χ1) is 16.6. The van der Waals surface area contributed by atoms with Gasteiger partial charge in [0.1, 0.15) is 11.3 Å². The molecule has 0 bridgehead atoms. The number of carbonyl (C=O) groups excluding carboxylic acids is 1. The summed E-state index contributed by atoms with van der Waals surface area (Å²) in [7, 11) is 0. The standard InChI is InChI=1S/C26H27BrN2O5/c1-2-33-19-6-3-5-17(15-19)23-22-24(30)20-16-18(27)7-8-21(20)34-25(22)26(31)29(23)10-4-9-28-11-13-32-14-12-28/h3,5-8,15-16,23H,2,4,9-14H2,1H3/t23-/m1/s1. The van der Waals surface area contributed by atoms with Crippen LogP contribution in [0.15, 0.2) is 56.1 Å². The van der Waals surface area contributed by atoms with Crippen LogP contribution in [0.2, 0.25) is 0 Å². The van der Waals surface area contributed by atoms with Crippen LogP contribution in [0.3, 0.4) is 0 Å². The van der Waals surface area contributed by atoms with Crippen molar-refractivity contribution in [2.75, 3.05) is 46.0 Å². The minimum Gasteiger partial charge on any atom is -0.494 e. The molecule has 2 aromatic carbocycles. The number of nitrogens with zero attached hydrogens (tertiary/aromatic N) is 2. The van der Waals surface area contributed by atoms with Crippen molar-refractivity contribution in [2.45, 2.75) is 19.4 Å². The van der Waals surface area contributed by atoms with Crippen LogP contribution in [0.4, 0.5) is 0 Å². The fourth-order valence-corrected chi connectivity index (χ4v) is 5.16. The molecule has 7 nitrogen and oxygen atoms in total. The Kier molecular flexibility index (Phi) is 6.72. The number of hydrogen-bond acceptors (Lipinski definition) is 6. The summed E-state index contributed by atoms with van der Waals surface area (Å²) in [5, 5.41) is 0.460. The molecule has 0 saturated carbocycles. The van der Waals surface area contributed by atoms with E-state index < -0.39 is 6.04 Å². The molecule has 1 fully saturated rings. The molecule has 0 unspecified atom stereocenters. The Balaban J connectivity index is 1.54. The summed E-state index contributed by atoms with van der Waals surface area (Å²) in [4.78, 5) is 31.3. The van der Waals surface area contributed by atoms with Gasteiger partial charge in [0.05, 0.1) is 36.8 Å². The molecule has 0 radical (unpaired) electrons. The molecule has 2 aliphatic heterocycles. The summed E-state index contributed by atoms with van der Waals surface area (Å²) in [5.74, 6) is 0.603. The zero-order valence-electron chi connectivity index (χ0n) is 19.1. The molecule has 0 aliphatic carbocycles. The van der Waals surface area contributed by atoms with Gasteiger partial charge in [0.15, 0.2) is 5.43 Å². The third-order valence-corrected chi connectivity index (χ3v) is 6.88. The molecule has 3 heterocycles. The Labute approximate surface area is 206 Å². The van der Waals surface area contributed by atoms with E-state index in [-0.39, 0.29) is 17.1 Å². The maximum Gasteiger partial charge on any atom is 0.290 e. The van der Waals surface area contributed by atoms with E-state index in [1.807, 2.05) is 31.2 Å². The van der Waals surface area contributed by atoms with Crippen LogP contribution in [-0.4, -0.2) is 61.7 Å². The SMILES string of the molecule is CCOc1cccc([C@@H]2c3c(oc4ccc(Br)cc4c3=O)C(=O)N2CCCN2CCOCC2)c1. The summed E-state index contributed by atoms with van der Waals surface area (Å²) in [6, 6.07) is 12.4. The molecule has 178 valence electrons. The van der Waals surface area contributed by atoms with Crippen molar-refractivity contribution < 1.29 is 18.7 Å². The summed E-state index contributed by atoms with van der Waals surface area (Å²) >= 11 is 3.44. The molecular formula is C26H27BrN2O5. The molecule has 0 N–H and O–H groups in total. The zero-order chi connectivity index (χ0) is 23.7. The Morgan fingerprint density at radius 3 is 2.71 bits per heavy atom.